The average Bonchev–Trinajstić information content (AvgIpc) is 3.35. The number of nitrogens with zero attached hydrogens (tertiary/aromatic N) is 1. The number of aliphatic hydroxyl groups excluding tert-OH is 1. The summed E-state index contributed by atoms with van der Waals surface area (Å²) in [6, 6.07) is 13.4. The van der Waals surface area contributed by atoms with Crippen LogP contribution in [-0.4, -0.2) is 16.8 Å². The second-order valence-corrected chi connectivity index (χ2v) is 8.00. The van der Waals surface area contributed by atoms with E-state index in [-0.39, 0.29) is 11.3 Å². The number of thiophene rings is 1. The lowest BCUT2D eigenvalue weighted by Gasteiger charge is -2.28. The van der Waals surface area contributed by atoms with Gasteiger partial charge in [0.1, 0.15) is 0 Å². The van der Waals surface area contributed by atoms with Crippen molar-refractivity contribution in [2.75, 3.05) is 4.90 Å². The molecule has 1 aromatic heterocycles. The molecule has 0 spiro atoms. The number of hydrogen-bond donors (Lipinski definition) is 1. The zero-order valence-corrected chi connectivity index (χ0v) is 17.0. The summed E-state index contributed by atoms with van der Waals surface area (Å²) in [5, 5.41) is 12.4. The zero-order valence-electron chi connectivity index (χ0n) is 16.2. The molecule has 0 aliphatic carbocycles. The lowest BCUT2D eigenvalue weighted by atomic mass is 9.92. The van der Waals surface area contributed by atoms with Crippen molar-refractivity contribution in [3.8, 4) is 0 Å². The fourth-order valence-electron chi connectivity index (χ4n) is 3.64. The van der Waals surface area contributed by atoms with Crippen LogP contribution in [0.5, 0.6) is 0 Å². The van der Waals surface area contributed by atoms with Gasteiger partial charge in [-0.05, 0) is 53.8 Å². The lowest BCUT2D eigenvalue weighted by molar-refractivity contribution is -0.137. The van der Waals surface area contributed by atoms with Crippen molar-refractivity contribution < 1.29 is 27.9 Å². The summed E-state index contributed by atoms with van der Waals surface area (Å²) in [6.45, 7) is 1.80. The number of aryl methyl sites for hydroxylation is 1. The number of anilines is 1. The molecule has 1 atom stereocenters. The number of carbonyl (C=O) groups is 2. The number of aliphatic hydroxyl groups is 1. The summed E-state index contributed by atoms with van der Waals surface area (Å²) < 4.78 is 38.9. The number of rotatable bonds is 4. The first-order chi connectivity index (χ1) is 14.7. The maximum absolute atomic E-state index is 13.2. The molecule has 0 fully saturated rings. The van der Waals surface area contributed by atoms with E-state index in [9.17, 15) is 27.9 Å². The van der Waals surface area contributed by atoms with Gasteiger partial charge in [-0.2, -0.15) is 13.2 Å². The molecule has 1 aliphatic rings. The standard InChI is InChI=1S/C23H16F3NO3S/c1-13-5-2-3-6-16(13)19-18(20(28)17-7-4-12-31-17)21(29)22(30)27(19)15-10-8-14(9-11-15)23(24,25)26/h2-12,19,29H,1H3. The number of hydrogen-bond acceptors (Lipinski definition) is 4. The van der Waals surface area contributed by atoms with Crippen molar-refractivity contribution in [2.24, 2.45) is 0 Å². The highest BCUT2D eigenvalue weighted by atomic mass is 32.1. The molecule has 3 aromatic rings. The monoisotopic (exact) mass is 443 g/mol. The summed E-state index contributed by atoms with van der Waals surface area (Å²) >= 11 is 1.17. The van der Waals surface area contributed by atoms with Crippen LogP contribution >= 0.6 is 11.3 Å². The predicted octanol–water partition coefficient (Wildman–Crippen LogP) is 5.86. The van der Waals surface area contributed by atoms with Gasteiger partial charge in [0.15, 0.2) is 5.76 Å². The molecule has 8 heteroatoms. The van der Waals surface area contributed by atoms with Crippen LogP contribution in [0.4, 0.5) is 18.9 Å². The predicted molar refractivity (Wildman–Crippen MR) is 111 cm³/mol. The Hall–Kier alpha value is -3.39. The van der Waals surface area contributed by atoms with Crippen molar-refractivity contribution in [2.45, 2.75) is 19.1 Å². The largest absolute Gasteiger partial charge is 0.503 e. The highest BCUT2D eigenvalue weighted by Crippen LogP contribution is 2.43. The summed E-state index contributed by atoms with van der Waals surface area (Å²) in [7, 11) is 0. The Bertz CT molecular complexity index is 1180. The molecule has 4 nitrogen and oxygen atoms in total. The highest BCUT2D eigenvalue weighted by molar-refractivity contribution is 7.12. The van der Waals surface area contributed by atoms with Crippen LogP contribution in [0.1, 0.15) is 32.4 Å². The zero-order chi connectivity index (χ0) is 22.3. The Labute approximate surface area is 179 Å². The Balaban J connectivity index is 1.86. The molecule has 1 amide bonds. The molecule has 158 valence electrons. The number of Topliss-reactive ketones (excluding diaryl/α,β-unsaturated/α-hetero) is 1. The van der Waals surface area contributed by atoms with Gasteiger partial charge in [-0.1, -0.05) is 30.3 Å². The van der Waals surface area contributed by atoms with E-state index in [2.05, 4.69) is 0 Å². The first kappa shape index (κ1) is 20.9. The van der Waals surface area contributed by atoms with Crippen LogP contribution in [0.3, 0.4) is 0 Å². The molecular formula is C23H16F3NO3S. The fourth-order valence-corrected chi connectivity index (χ4v) is 4.32. The van der Waals surface area contributed by atoms with Crippen molar-refractivity contribution in [1.29, 1.82) is 0 Å². The van der Waals surface area contributed by atoms with Gasteiger partial charge in [0.25, 0.3) is 5.91 Å². The first-order valence-electron chi connectivity index (χ1n) is 9.28. The third kappa shape index (κ3) is 3.63. The van der Waals surface area contributed by atoms with Gasteiger partial charge in [-0.3, -0.25) is 14.5 Å². The Kier molecular flexibility index (Phi) is 5.18. The Morgan fingerprint density at radius 2 is 1.71 bits per heavy atom. The van der Waals surface area contributed by atoms with Gasteiger partial charge in [-0.15, -0.1) is 11.3 Å². The molecule has 1 unspecified atom stereocenters. The van der Waals surface area contributed by atoms with Gasteiger partial charge in [0, 0.05) is 5.69 Å². The lowest BCUT2D eigenvalue weighted by Crippen LogP contribution is -2.31. The first-order valence-corrected chi connectivity index (χ1v) is 10.2. The number of ketones is 1. The van der Waals surface area contributed by atoms with Gasteiger partial charge in [0.05, 0.1) is 22.1 Å². The summed E-state index contributed by atoms with van der Waals surface area (Å²) in [6.07, 6.45) is -4.52. The van der Waals surface area contributed by atoms with E-state index < -0.39 is 35.2 Å². The van der Waals surface area contributed by atoms with E-state index in [0.29, 0.717) is 10.4 Å². The van der Waals surface area contributed by atoms with E-state index in [1.807, 2.05) is 0 Å². The highest BCUT2D eigenvalue weighted by Gasteiger charge is 2.45. The van der Waals surface area contributed by atoms with Crippen molar-refractivity contribution in [1.82, 2.24) is 0 Å². The Morgan fingerprint density at radius 3 is 2.29 bits per heavy atom. The SMILES string of the molecule is Cc1ccccc1C1C(C(=O)c2cccs2)=C(O)C(=O)N1c1ccc(C(F)(F)F)cc1. The maximum Gasteiger partial charge on any atom is 0.416 e. The van der Waals surface area contributed by atoms with E-state index in [1.54, 1.807) is 48.7 Å². The second kappa shape index (κ2) is 7.70. The molecule has 1 N–H and O–H groups in total. The third-order valence-electron chi connectivity index (χ3n) is 5.15. The molecule has 0 radical (unpaired) electrons. The summed E-state index contributed by atoms with van der Waals surface area (Å²) in [4.78, 5) is 27.7. The average molecular weight is 443 g/mol. The number of halogens is 3. The molecule has 31 heavy (non-hydrogen) atoms. The second-order valence-electron chi connectivity index (χ2n) is 7.05. The molecule has 2 heterocycles. The summed E-state index contributed by atoms with van der Waals surface area (Å²) in [5.41, 5.74) is 0.555. The van der Waals surface area contributed by atoms with Crippen molar-refractivity contribution in [3.63, 3.8) is 0 Å². The number of benzene rings is 2. The quantitative estimate of drug-likeness (QED) is 0.514. The number of alkyl halides is 3. The number of amides is 1. The van der Waals surface area contributed by atoms with Crippen LogP contribution in [0.15, 0.2) is 77.4 Å². The molecular weight excluding hydrogens is 427 g/mol. The summed E-state index contributed by atoms with van der Waals surface area (Å²) in [5.74, 6) is -2.04. The maximum atomic E-state index is 13.2. The van der Waals surface area contributed by atoms with E-state index in [1.165, 1.54) is 16.2 Å². The fraction of sp³-hybridized carbons (Fsp3) is 0.130. The van der Waals surface area contributed by atoms with Crippen LogP contribution < -0.4 is 4.90 Å². The topological polar surface area (TPSA) is 57.6 Å². The Morgan fingerprint density at radius 1 is 1.03 bits per heavy atom. The molecule has 0 saturated heterocycles. The van der Waals surface area contributed by atoms with Gasteiger partial charge < -0.3 is 5.11 Å². The molecule has 4 rings (SSSR count). The molecule has 0 bridgehead atoms. The van der Waals surface area contributed by atoms with Crippen molar-refractivity contribution >= 4 is 28.7 Å². The van der Waals surface area contributed by atoms with Gasteiger partial charge in [0.2, 0.25) is 5.78 Å². The van der Waals surface area contributed by atoms with Crippen LogP contribution in [0.25, 0.3) is 0 Å². The normalized spacial score (nSPS) is 16.8. The van der Waals surface area contributed by atoms with Crippen LogP contribution in [-0.2, 0) is 11.0 Å². The number of carbonyl (C=O) groups excluding carboxylic acids is 2. The van der Waals surface area contributed by atoms with Crippen molar-refractivity contribution in [3.05, 3.63) is 98.9 Å². The van der Waals surface area contributed by atoms with Crippen LogP contribution in [0, 0.1) is 6.92 Å². The van der Waals surface area contributed by atoms with Gasteiger partial charge in [-0.25, -0.2) is 0 Å². The molecule has 0 saturated carbocycles. The molecule has 1 aliphatic heterocycles. The smallest absolute Gasteiger partial charge is 0.416 e. The van der Waals surface area contributed by atoms with E-state index in [4.69, 9.17) is 0 Å². The minimum atomic E-state index is -4.52. The minimum Gasteiger partial charge on any atom is -0.503 e. The van der Waals surface area contributed by atoms with Gasteiger partial charge >= 0.3 is 6.18 Å². The minimum absolute atomic E-state index is 0.0957. The molecule has 2 aromatic carbocycles. The third-order valence-corrected chi connectivity index (χ3v) is 6.02. The van der Waals surface area contributed by atoms with Crippen LogP contribution in [0.2, 0.25) is 0 Å². The van der Waals surface area contributed by atoms with E-state index >= 15 is 0 Å². The van der Waals surface area contributed by atoms with E-state index in [0.717, 1.165) is 29.8 Å².